The van der Waals surface area contributed by atoms with Crippen molar-refractivity contribution >= 4 is 39.1 Å². The van der Waals surface area contributed by atoms with Crippen molar-refractivity contribution in [1.82, 2.24) is 0 Å². The molecule has 192 valence electrons. The van der Waals surface area contributed by atoms with Gasteiger partial charge in [-0.3, -0.25) is 4.79 Å². The Labute approximate surface area is 220 Å². The van der Waals surface area contributed by atoms with Crippen molar-refractivity contribution in [3.63, 3.8) is 0 Å². The maximum absolute atomic E-state index is 14.5. The first-order valence-electron chi connectivity index (χ1n) is 12.4. The van der Waals surface area contributed by atoms with Crippen LogP contribution in [0.5, 0.6) is 5.75 Å². The van der Waals surface area contributed by atoms with Gasteiger partial charge in [-0.05, 0) is 116 Å². The molecule has 0 saturated heterocycles. The Bertz CT molecular complexity index is 1220. The third kappa shape index (κ3) is 5.66. The quantitative estimate of drug-likeness (QED) is 0.381. The second-order valence-corrected chi connectivity index (χ2v) is 11.8. The van der Waals surface area contributed by atoms with Gasteiger partial charge in [-0.25, -0.2) is 9.18 Å². The Balaban J connectivity index is 1.62. The van der Waals surface area contributed by atoms with Crippen LogP contribution in [0.3, 0.4) is 0 Å². The highest BCUT2D eigenvalue weighted by molar-refractivity contribution is 9.10. The lowest BCUT2D eigenvalue weighted by molar-refractivity contribution is 0.0521. The summed E-state index contributed by atoms with van der Waals surface area (Å²) in [6.07, 6.45) is 6.68. The van der Waals surface area contributed by atoms with E-state index in [-0.39, 0.29) is 23.8 Å². The molecule has 1 aliphatic heterocycles. The fourth-order valence-electron chi connectivity index (χ4n) is 5.01. The molecule has 0 aromatic heterocycles. The summed E-state index contributed by atoms with van der Waals surface area (Å²) in [5, 5.41) is 2.74. The van der Waals surface area contributed by atoms with Crippen molar-refractivity contribution in [3.05, 3.63) is 63.4 Å². The van der Waals surface area contributed by atoms with Crippen molar-refractivity contribution in [3.8, 4) is 5.75 Å². The fourth-order valence-corrected chi connectivity index (χ4v) is 5.55. The number of hydrogen-bond donors (Lipinski definition) is 1. The molecular formula is C29H33BrFNO4. The largest absolute Gasteiger partial charge is 0.482 e. The van der Waals surface area contributed by atoms with Crippen LogP contribution in [0.2, 0.25) is 0 Å². The van der Waals surface area contributed by atoms with Crippen LogP contribution in [0.25, 0.3) is 5.57 Å². The predicted octanol–water partition coefficient (Wildman–Crippen LogP) is 7.79. The average molecular weight is 558 g/mol. The van der Waals surface area contributed by atoms with Crippen LogP contribution >= 0.6 is 15.9 Å². The second kappa shape index (κ2) is 10.0. The third-order valence-corrected chi connectivity index (χ3v) is 7.58. The van der Waals surface area contributed by atoms with Gasteiger partial charge in [-0.15, -0.1) is 0 Å². The first kappa shape index (κ1) is 26.4. The lowest BCUT2D eigenvalue weighted by Gasteiger charge is -2.39. The number of allylic oxidation sites excluding steroid dienone is 1. The number of benzene rings is 2. The molecule has 4 rings (SSSR count). The highest BCUT2D eigenvalue weighted by Crippen LogP contribution is 2.49. The molecule has 0 spiro atoms. The summed E-state index contributed by atoms with van der Waals surface area (Å²) >= 11 is 3.62. The maximum Gasteiger partial charge on any atom is 0.341 e. The number of nitrogens with one attached hydrogen (secondary N) is 1. The predicted molar refractivity (Wildman–Crippen MR) is 143 cm³/mol. The molecule has 1 heterocycles. The zero-order valence-corrected chi connectivity index (χ0v) is 23.1. The first-order chi connectivity index (χ1) is 16.9. The van der Waals surface area contributed by atoms with Crippen LogP contribution in [0.15, 0.2) is 40.9 Å². The van der Waals surface area contributed by atoms with Crippen molar-refractivity contribution in [2.24, 2.45) is 11.3 Å². The van der Waals surface area contributed by atoms with Crippen LogP contribution in [0.1, 0.15) is 86.6 Å². The molecule has 0 unspecified atom stereocenters. The molecule has 0 bridgehead atoms. The lowest BCUT2D eigenvalue weighted by atomic mass is 9.69. The second-order valence-electron chi connectivity index (χ2n) is 10.9. The summed E-state index contributed by atoms with van der Waals surface area (Å²) < 4.78 is 26.3. The van der Waals surface area contributed by atoms with Gasteiger partial charge in [0.2, 0.25) is 0 Å². The van der Waals surface area contributed by atoms with Crippen LogP contribution in [0.4, 0.5) is 10.1 Å². The number of esters is 1. The van der Waals surface area contributed by atoms with Gasteiger partial charge in [-0.2, -0.15) is 0 Å². The van der Waals surface area contributed by atoms with Crippen LogP contribution in [-0.2, 0) is 4.74 Å². The van der Waals surface area contributed by atoms with Gasteiger partial charge < -0.3 is 14.8 Å². The minimum atomic E-state index is -0.751. The molecule has 1 N–H and O–H groups in total. The Morgan fingerprint density at radius 2 is 1.83 bits per heavy atom. The number of hydrogen-bond acceptors (Lipinski definition) is 4. The van der Waals surface area contributed by atoms with Crippen molar-refractivity contribution < 1.29 is 23.5 Å². The van der Waals surface area contributed by atoms with E-state index in [0.717, 1.165) is 43.1 Å². The standard InChI is InChI=1S/C29H33BrFNO4/c1-6-35-27(34)20-8-7-19(15-24(20)31)32-26(33)18-13-21-22(17-9-11-28(2,3)12-10-17)16-29(4,5)36-25(21)23(30)14-18/h7-8,13-17H,6,9-12H2,1-5H3,(H,32,33). The number of ether oxygens (including phenoxy) is 2. The first-order valence-corrected chi connectivity index (χ1v) is 13.2. The van der Waals surface area contributed by atoms with Crippen LogP contribution in [-0.4, -0.2) is 24.1 Å². The van der Waals surface area contributed by atoms with Gasteiger partial charge in [0.15, 0.2) is 0 Å². The van der Waals surface area contributed by atoms with Crippen molar-refractivity contribution in [2.45, 2.75) is 65.9 Å². The SMILES string of the molecule is CCOC(=O)c1ccc(NC(=O)c2cc(Br)c3c(c2)C(C2CCC(C)(C)CC2)=CC(C)(C)O3)cc1F. The van der Waals surface area contributed by atoms with Gasteiger partial charge in [0.05, 0.1) is 16.6 Å². The zero-order chi connectivity index (χ0) is 26.3. The molecule has 5 nitrogen and oxygen atoms in total. The number of amides is 1. The van der Waals surface area contributed by atoms with E-state index in [2.05, 4.69) is 41.2 Å². The molecule has 2 aromatic carbocycles. The third-order valence-electron chi connectivity index (χ3n) is 6.99. The molecule has 0 radical (unpaired) electrons. The summed E-state index contributed by atoms with van der Waals surface area (Å²) in [5.41, 5.74) is 2.54. The van der Waals surface area contributed by atoms with Crippen LogP contribution < -0.4 is 10.1 Å². The number of carbonyl (C=O) groups is 2. The highest BCUT2D eigenvalue weighted by atomic mass is 79.9. The molecule has 0 atom stereocenters. The van der Waals surface area contributed by atoms with Gasteiger partial charge in [0.25, 0.3) is 5.91 Å². The molecule has 2 aromatic rings. The van der Waals surface area contributed by atoms with E-state index in [9.17, 15) is 14.0 Å². The normalized spacial score (nSPS) is 18.5. The summed E-state index contributed by atoms with van der Waals surface area (Å²) in [7, 11) is 0. The van der Waals surface area contributed by atoms with Gasteiger partial charge in [0.1, 0.15) is 17.2 Å². The minimum Gasteiger partial charge on any atom is -0.482 e. The Hall–Kier alpha value is -2.67. The van der Waals surface area contributed by atoms with Gasteiger partial charge >= 0.3 is 5.97 Å². The average Bonchev–Trinajstić information content (AvgIpc) is 2.79. The molecule has 2 aliphatic rings. The molecular weight excluding hydrogens is 525 g/mol. The lowest BCUT2D eigenvalue weighted by Crippen LogP contribution is -2.32. The highest BCUT2D eigenvalue weighted by Gasteiger charge is 2.35. The Morgan fingerprint density at radius 3 is 2.47 bits per heavy atom. The molecule has 36 heavy (non-hydrogen) atoms. The van der Waals surface area contributed by atoms with E-state index in [4.69, 9.17) is 9.47 Å². The number of anilines is 1. The van der Waals surface area contributed by atoms with E-state index in [0.29, 0.717) is 21.4 Å². The maximum atomic E-state index is 14.5. The smallest absolute Gasteiger partial charge is 0.341 e. The monoisotopic (exact) mass is 557 g/mol. The number of fused-ring (bicyclic) bond motifs is 1. The number of rotatable bonds is 5. The van der Waals surface area contributed by atoms with E-state index in [1.54, 1.807) is 13.0 Å². The fraction of sp³-hybridized carbons (Fsp3) is 0.448. The van der Waals surface area contributed by atoms with Gasteiger partial charge in [-0.1, -0.05) is 13.8 Å². The molecule has 1 saturated carbocycles. The molecule has 1 fully saturated rings. The summed E-state index contributed by atoms with van der Waals surface area (Å²) in [4.78, 5) is 25.0. The van der Waals surface area contributed by atoms with Crippen LogP contribution in [0, 0.1) is 17.2 Å². The summed E-state index contributed by atoms with van der Waals surface area (Å²) in [6, 6.07) is 7.51. The molecule has 1 aliphatic carbocycles. The van der Waals surface area contributed by atoms with Crippen molar-refractivity contribution in [2.75, 3.05) is 11.9 Å². The van der Waals surface area contributed by atoms with E-state index in [1.165, 1.54) is 17.7 Å². The van der Waals surface area contributed by atoms with E-state index >= 15 is 0 Å². The van der Waals surface area contributed by atoms with E-state index in [1.807, 2.05) is 19.9 Å². The summed E-state index contributed by atoms with van der Waals surface area (Å²) in [6.45, 7) is 10.5. The zero-order valence-electron chi connectivity index (χ0n) is 21.5. The van der Waals surface area contributed by atoms with Gasteiger partial charge in [0, 0.05) is 16.8 Å². The van der Waals surface area contributed by atoms with Crippen molar-refractivity contribution in [1.29, 1.82) is 0 Å². The Morgan fingerprint density at radius 1 is 1.14 bits per heavy atom. The molecule has 1 amide bonds. The topological polar surface area (TPSA) is 64.6 Å². The number of carbonyl (C=O) groups excluding carboxylic acids is 2. The minimum absolute atomic E-state index is 0.153. The Kier molecular flexibility index (Phi) is 7.33. The van der Waals surface area contributed by atoms with E-state index < -0.39 is 17.4 Å². The summed E-state index contributed by atoms with van der Waals surface area (Å²) in [5.74, 6) is -0.729. The number of halogens is 2. The molecule has 7 heteroatoms.